The van der Waals surface area contributed by atoms with E-state index in [0.29, 0.717) is 11.5 Å². The third kappa shape index (κ3) is 2.59. The van der Waals surface area contributed by atoms with Crippen LogP contribution in [0.1, 0.15) is 35.3 Å². The number of aryl methyl sites for hydroxylation is 1. The normalized spacial score (nSPS) is 23.1. The maximum atomic E-state index is 12.8. The molecule has 2 aliphatic rings. The summed E-state index contributed by atoms with van der Waals surface area (Å²) < 4.78 is 1.67. The van der Waals surface area contributed by atoms with Gasteiger partial charge in [-0.25, -0.2) is 9.97 Å². The molecule has 2 fully saturated rings. The summed E-state index contributed by atoms with van der Waals surface area (Å²) in [6.07, 6.45) is 8.54. The average Bonchev–Trinajstić information content (AvgIpc) is 3.39. The molecule has 2 saturated heterocycles. The van der Waals surface area contributed by atoms with E-state index in [9.17, 15) is 10.1 Å². The van der Waals surface area contributed by atoms with Crippen molar-refractivity contribution in [3.05, 3.63) is 47.9 Å². The number of benzene rings is 1. The van der Waals surface area contributed by atoms with Crippen molar-refractivity contribution in [1.82, 2.24) is 30.0 Å². The van der Waals surface area contributed by atoms with Gasteiger partial charge < -0.3 is 10.2 Å². The highest BCUT2D eigenvalue weighted by Gasteiger charge is 2.46. The minimum Gasteiger partial charge on any atom is -0.347 e. The highest BCUT2D eigenvalue weighted by atomic mass is 16.1. The first kappa shape index (κ1) is 16.7. The van der Waals surface area contributed by atoms with Gasteiger partial charge in [-0.2, -0.15) is 15.0 Å². The quantitative estimate of drug-likeness (QED) is 0.704. The smallest absolute Gasteiger partial charge is 0.251 e. The van der Waals surface area contributed by atoms with Crippen molar-refractivity contribution in [2.75, 3.05) is 0 Å². The number of hydrogen-bond donors (Lipinski definition) is 1. The maximum Gasteiger partial charge on any atom is 0.251 e. The summed E-state index contributed by atoms with van der Waals surface area (Å²) in [7, 11) is 0. The van der Waals surface area contributed by atoms with E-state index in [-0.39, 0.29) is 24.0 Å². The minimum absolute atomic E-state index is 0.0324. The van der Waals surface area contributed by atoms with Crippen LogP contribution in [-0.4, -0.2) is 48.7 Å². The molecule has 2 aliphatic heterocycles. The molecule has 2 bridgehead atoms. The summed E-state index contributed by atoms with van der Waals surface area (Å²) in [5.41, 5.74) is 2.29. The fraction of sp³-hybridized carbons (Fsp3) is 0.350. The monoisotopic (exact) mass is 373 g/mol. The topological polar surface area (TPSA) is 99.7 Å². The molecule has 0 aliphatic carbocycles. The Morgan fingerprint density at radius 2 is 2.21 bits per heavy atom. The van der Waals surface area contributed by atoms with E-state index in [0.717, 1.165) is 35.9 Å². The summed E-state index contributed by atoms with van der Waals surface area (Å²) >= 11 is 0. The number of aromatic nitrogens is 4. The zero-order valence-electron chi connectivity index (χ0n) is 15.4. The second kappa shape index (κ2) is 6.30. The highest BCUT2D eigenvalue weighted by Crippen LogP contribution is 2.37. The zero-order chi connectivity index (χ0) is 19.3. The second-order valence-electron chi connectivity index (χ2n) is 7.45. The first-order valence-electron chi connectivity index (χ1n) is 9.41. The van der Waals surface area contributed by atoms with Crippen molar-refractivity contribution in [2.24, 2.45) is 0 Å². The van der Waals surface area contributed by atoms with Crippen LogP contribution in [0.15, 0.2) is 36.7 Å². The molecule has 2 aromatic heterocycles. The number of amides is 1. The largest absolute Gasteiger partial charge is 0.347 e. The molecular weight excluding hydrogens is 354 g/mol. The van der Waals surface area contributed by atoms with E-state index in [1.807, 2.05) is 30.0 Å². The first-order chi connectivity index (χ1) is 13.6. The molecule has 8 heteroatoms. The van der Waals surface area contributed by atoms with Gasteiger partial charge in [-0.15, -0.1) is 0 Å². The number of fused-ring (bicyclic) bond motifs is 3. The van der Waals surface area contributed by atoms with Crippen molar-refractivity contribution in [3.8, 4) is 12.1 Å². The Morgan fingerprint density at radius 3 is 3.00 bits per heavy atom. The lowest BCUT2D eigenvalue weighted by Gasteiger charge is -2.21. The predicted octanol–water partition coefficient (Wildman–Crippen LogP) is 1.94. The number of rotatable bonds is 3. The Bertz CT molecular complexity index is 1120. The van der Waals surface area contributed by atoms with Crippen molar-refractivity contribution < 1.29 is 4.79 Å². The molecule has 28 heavy (non-hydrogen) atoms. The Hall–Kier alpha value is -3.47. The van der Waals surface area contributed by atoms with Gasteiger partial charge in [0.15, 0.2) is 6.19 Å². The van der Waals surface area contributed by atoms with E-state index in [4.69, 9.17) is 0 Å². The summed E-state index contributed by atoms with van der Waals surface area (Å²) in [5, 5.41) is 17.6. The van der Waals surface area contributed by atoms with Crippen LogP contribution in [0.2, 0.25) is 0 Å². The SMILES string of the molecule is Cc1ccnc(-n2ncc3cc(C(=O)NC4CC5CCC4N5C#N)ccc32)n1. The Balaban J connectivity index is 1.39. The van der Waals surface area contributed by atoms with Gasteiger partial charge in [-0.3, -0.25) is 4.79 Å². The molecule has 4 heterocycles. The van der Waals surface area contributed by atoms with Gasteiger partial charge in [0.2, 0.25) is 0 Å². The lowest BCUT2D eigenvalue weighted by atomic mass is 9.95. The molecule has 5 rings (SSSR count). The van der Waals surface area contributed by atoms with Gasteiger partial charge in [0.25, 0.3) is 11.9 Å². The van der Waals surface area contributed by atoms with Crippen molar-refractivity contribution in [1.29, 1.82) is 5.26 Å². The Kier molecular flexibility index (Phi) is 3.76. The summed E-state index contributed by atoms with van der Waals surface area (Å²) in [4.78, 5) is 23.3. The molecule has 1 N–H and O–H groups in total. The van der Waals surface area contributed by atoms with Gasteiger partial charge >= 0.3 is 0 Å². The molecule has 0 saturated carbocycles. The number of nitrogens with zero attached hydrogens (tertiary/aromatic N) is 6. The van der Waals surface area contributed by atoms with Crippen LogP contribution >= 0.6 is 0 Å². The molecule has 3 atom stereocenters. The summed E-state index contributed by atoms with van der Waals surface area (Å²) in [5.74, 6) is 0.391. The van der Waals surface area contributed by atoms with E-state index in [1.165, 1.54) is 0 Å². The molecule has 3 unspecified atom stereocenters. The van der Waals surface area contributed by atoms with E-state index in [1.54, 1.807) is 23.1 Å². The van der Waals surface area contributed by atoms with Crippen LogP contribution in [0.3, 0.4) is 0 Å². The Labute approximate surface area is 161 Å². The van der Waals surface area contributed by atoms with Crippen molar-refractivity contribution >= 4 is 16.8 Å². The molecule has 0 spiro atoms. The third-order valence-corrected chi connectivity index (χ3v) is 5.77. The van der Waals surface area contributed by atoms with Gasteiger partial charge in [-0.1, -0.05) is 0 Å². The van der Waals surface area contributed by atoms with Gasteiger partial charge in [0, 0.05) is 28.9 Å². The number of nitriles is 1. The fourth-order valence-electron chi connectivity index (χ4n) is 4.42. The van der Waals surface area contributed by atoms with Crippen molar-refractivity contribution in [2.45, 2.75) is 44.3 Å². The fourth-order valence-corrected chi connectivity index (χ4v) is 4.42. The Morgan fingerprint density at radius 1 is 1.32 bits per heavy atom. The third-order valence-electron chi connectivity index (χ3n) is 5.77. The molecule has 3 aromatic rings. The van der Waals surface area contributed by atoms with E-state index >= 15 is 0 Å². The van der Waals surface area contributed by atoms with Crippen LogP contribution in [0.4, 0.5) is 0 Å². The number of carbonyl (C=O) groups is 1. The molecule has 0 radical (unpaired) electrons. The first-order valence-corrected chi connectivity index (χ1v) is 9.41. The molecule has 140 valence electrons. The standard InChI is InChI=1S/C20H19N7O/c1-12-6-7-22-20(24-12)27-17-4-2-13(8-14(17)10-23-27)19(28)25-16-9-15-3-5-18(16)26(15)11-21/h2,4,6-8,10,15-16,18H,3,5,9H2,1H3,(H,25,28). The highest BCUT2D eigenvalue weighted by molar-refractivity contribution is 5.98. The van der Waals surface area contributed by atoms with Crippen LogP contribution < -0.4 is 5.32 Å². The van der Waals surface area contributed by atoms with Crippen LogP contribution in [0, 0.1) is 18.4 Å². The number of nitrogens with one attached hydrogen (secondary N) is 1. The second-order valence-corrected chi connectivity index (χ2v) is 7.45. The predicted molar refractivity (Wildman–Crippen MR) is 102 cm³/mol. The van der Waals surface area contributed by atoms with Gasteiger partial charge in [-0.05, 0) is 50.5 Å². The van der Waals surface area contributed by atoms with E-state index < -0.39 is 0 Å². The maximum absolute atomic E-state index is 12.8. The molecule has 1 amide bonds. The van der Waals surface area contributed by atoms with Crippen LogP contribution in [0.5, 0.6) is 0 Å². The average molecular weight is 373 g/mol. The molecule has 8 nitrogen and oxygen atoms in total. The van der Waals surface area contributed by atoms with Crippen LogP contribution in [0.25, 0.3) is 16.9 Å². The number of carbonyl (C=O) groups excluding carboxylic acids is 1. The lowest BCUT2D eigenvalue weighted by molar-refractivity contribution is 0.0928. The molecular formula is C20H19N7O. The number of hydrogen-bond acceptors (Lipinski definition) is 6. The molecule has 1 aromatic carbocycles. The van der Waals surface area contributed by atoms with Gasteiger partial charge in [0.05, 0.1) is 23.8 Å². The summed E-state index contributed by atoms with van der Waals surface area (Å²) in [6, 6.07) is 7.76. The van der Waals surface area contributed by atoms with Gasteiger partial charge in [0.1, 0.15) is 0 Å². The van der Waals surface area contributed by atoms with E-state index in [2.05, 4.69) is 26.6 Å². The lowest BCUT2D eigenvalue weighted by Crippen LogP contribution is -2.43. The van der Waals surface area contributed by atoms with Crippen LogP contribution in [-0.2, 0) is 0 Å². The zero-order valence-corrected chi connectivity index (χ0v) is 15.4. The van der Waals surface area contributed by atoms with Crippen molar-refractivity contribution in [3.63, 3.8) is 0 Å². The summed E-state index contributed by atoms with van der Waals surface area (Å²) in [6.45, 7) is 1.91. The minimum atomic E-state index is -0.114.